The number of allylic oxidation sites excluding steroid dienone is 2. The summed E-state index contributed by atoms with van der Waals surface area (Å²) in [6, 6.07) is 7.03. The van der Waals surface area contributed by atoms with Crippen LogP contribution < -0.4 is 5.32 Å². The number of benzene rings is 1. The van der Waals surface area contributed by atoms with Crippen LogP contribution in [0.15, 0.2) is 36.4 Å². The van der Waals surface area contributed by atoms with Crippen LogP contribution in [0.2, 0.25) is 0 Å². The lowest BCUT2D eigenvalue weighted by Crippen LogP contribution is -2.12. The third kappa shape index (κ3) is 14.6. The molecule has 0 fully saturated rings. The summed E-state index contributed by atoms with van der Waals surface area (Å²) in [6.45, 7) is 8.50. The van der Waals surface area contributed by atoms with E-state index in [0.29, 0.717) is 18.5 Å². The Balaban J connectivity index is 0. The summed E-state index contributed by atoms with van der Waals surface area (Å²) in [5.41, 5.74) is 1.48. The van der Waals surface area contributed by atoms with Crippen LogP contribution in [0.25, 0.3) is 0 Å². The Morgan fingerprint density at radius 3 is 2.38 bits per heavy atom. The van der Waals surface area contributed by atoms with Crippen molar-refractivity contribution in [2.75, 3.05) is 0 Å². The molecule has 0 saturated carbocycles. The topological polar surface area (TPSA) is 81.5 Å². The van der Waals surface area contributed by atoms with E-state index in [1.54, 1.807) is 24.3 Å². The summed E-state index contributed by atoms with van der Waals surface area (Å²) in [6.07, 6.45) is 8.80. The van der Waals surface area contributed by atoms with Crippen molar-refractivity contribution in [2.45, 2.75) is 60.1 Å². The monoisotopic (exact) mass is 338 g/mol. The number of amides is 1. The van der Waals surface area contributed by atoms with Gasteiger partial charge in [-0.3, -0.25) is 4.79 Å². The lowest BCUT2D eigenvalue weighted by molar-refractivity contribution is -0.763. The molecule has 1 aromatic carbocycles. The lowest BCUT2D eigenvalue weighted by Gasteiger charge is -2.07. The summed E-state index contributed by atoms with van der Waals surface area (Å²) in [5.74, 6) is 0. The molecule has 0 aromatic heterocycles. The summed E-state index contributed by atoms with van der Waals surface area (Å²) in [7, 11) is 0. The van der Waals surface area contributed by atoms with E-state index in [1.807, 2.05) is 13.8 Å². The molecule has 24 heavy (non-hydrogen) atoms. The number of hydrogen-bond donors (Lipinski definition) is 1. The van der Waals surface area contributed by atoms with Crippen molar-refractivity contribution >= 4 is 6.41 Å². The summed E-state index contributed by atoms with van der Waals surface area (Å²) >= 11 is 0. The van der Waals surface area contributed by atoms with E-state index in [2.05, 4.69) is 36.2 Å². The van der Waals surface area contributed by atoms with Gasteiger partial charge < -0.3 is 10.2 Å². The van der Waals surface area contributed by atoms with Gasteiger partial charge in [0, 0.05) is 6.54 Å². The Bertz CT molecular complexity index is 462. The summed E-state index contributed by atoms with van der Waals surface area (Å²) < 4.78 is 0. The van der Waals surface area contributed by atoms with Crippen LogP contribution in [-0.2, 0) is 22.8 Å². The first kappa shape index (κ1) is 23.9. The molecule has 0 aliphatic rings. The molecule has 1 rings (SSSR count). The van der Waals surface area contributed by atoms with Gasteiger partial charge in [-0.05, 0) is 24.5 Å². The van der Waals surface area contributed by atoms with Gasteiger partial charge in [-0.1, -0.05) is 70.0 Å². The number of carbonyl (C=O) groups is 1. The maximum atomic E-state index is 10.1. The van der Waals surface area contributed by atoms with Gasteiger partial charge in [0.1, 0.15) is 6.61 Å². The molecule has 0 heterocycles. The number of nitrogens with one attached hydrogen (secondary N) is 1. The van der Waals surface area contributed by atoms with Crippen LogP contribution in [0.3, 0.4) is 0 Å². The third-order valence-electron chi connectivity index (χ3n) is 2.78. The van der Waals surface area contributed by atoms with Crippen molar-refractivity contribution in [3.05, 3.63) is 57.7 Å². The van der Waals surface area contributed by atoms with Gasteiger partial charge in [-0.15, -0.1) is 10.1 Å². The van der Waals surface area contributed by atoms with E-state index in [0.717, 1.165) is 5.56 Å². The Hall–Kier alpha value is -2.37. The maximum absolute atomic E-state index is 10.1. The highest BCUT2D eigenvalue weighted by atomic mass is 16.9. The average Bonchev–Trinajstić information content (AvgIpc) is 2.61. The number of unbranched alkanes of at least 4 members (excludes halogenated alkanes) is 2. The molecular weight excluding hydrogens is 308 g/mol. The Morgan fingerprint density at radius 1 is 1.25 bits per heavy atom. The highest BCUT2D eigenvalue weighted by molar-refractivity contribution is 5.46. The van der Waals surface area contributed by atoms with E-state index in [-0.39, 0.29) is 6.61 Å². The molecule has 0 saturated heterocycles. The third-order valence-corrected chi connectivity index (χ3v) is 2.78. The average molecular weight is 338 g/mol. The minimum absolute atomic E-state index is 0.107. The minimum Gasteiger partial charge on any atom is -0.355 e. The van der Waals surface area contributed by atoms with Gasteiger partial charge in [0.2, 0.25) is 6.41 Å². The van der Waals surface area contributed by atoms with Crippen LogP contribution in [0.4, 0.5) is 0 Å². The standard InChI is InChI=1S/C9H10N2O4.C7H14.C2H6/c12-7-10-5-8-3-1-2-4-9(8)6-15-11(13)14;1-3-5-7-6-4-2;1-2/h1-4,7H,5-6H2,(H,10,12);3,5H,4,6-7H2,1-2H3;1-2H3/b;5-3-;. The number of hydrogen-bond acceptors (Lipinski definition) is 4. The summed E-state index contributed by atoms with van der Waals surface area (Å²) in [5, 5.41) is 11.7. The van der Waals surface area contributed by atoms with Gasteiger partial charge in [0.25, 0.3) is 5.09 Å². The van der Waals surface area contributed by atoms with Crippen molar-refractivity contribution in [1.82, 2.24) is 5.32 Å². The molecule has 0 spiro atoms. The Kier molecular flexibility index (Phi) is 18.6. The molecule has 1 amide bonds. The fraction of sp³-hybridized carbons (Fsp3) is 0.500. The smallest absolute Gasteiger partial charge is 0.294 e. The Labute approximate surface area is 145 Å². The summed E-state index contributed by atoms with van der Waals surface area (Å²) in [4.78, 5) is 24.4. The highest BCUT2D eigenvalue weighted by Gasteiger charge is 2.03. The van der Waals surface area contributed by atoms with E-state index in [4.69, 9.17) is 0 Å². The van der Waals surface area contributed by atoms with Crippen LogP contribution >= 0.6 is 0 Å². The quantitative estimate of drug-likeness (QED) is 0.237. The van der Waals surface area contributed by atoms with Crippen LogP contribution in [0.1, 0.15) is 58.1 Å². The zero-order valence-electron chi connectivity index (χ0n) is 15.2. The predicted octanol–water partition coefficient (Wildman–Crippen LogP) is 4.42. The highest BCUT2D eigenvalue weighted by Crippen LogP contribution is 2.09. The number of nitrogens with zero attached hydrogens (tertiary/aromatic N) is 1. The second-order valence-electron chi connectivity index (χ2n) is 4.48. The molecule has 1 N–H and O–H groups in total. The van der Waals surface area contributed by atoms with E-state index < -0.39 is 5.09 Å². The van der Waals surface area contributed by atoms with Crippen LogP contribution in [0.5, 0.6) is 0 Å². The van der Waals surface area contributed by atoms with Crippen molar-refractivity contribution in [2.24, 2.45) is 0 Å². The second kappa shape index (κ2) is 18.7. The number of rotatable bonds is 9. The van der Waals surface area contributed by atoms with Crippen molar-refractivity contribution in [3.8, 4) is 0 Å². The van der Waals surface area contributed by atoms with E-state index in [9.17, 15) is 14.9 Å². The first-order chi connectivity index (χ1) is 11.7. The molecule has 0 bridgehead atoms. The molecule has 0 aliphatic heterocycles. The molecule has 6 heteroatoms. The van der Waals surface area contributed by atoms with Crippen LogP contribution in [-0.4, -0.2) is 11.5 Å². The predicted molar refractivity (Wildman–Crippen MR) is 96.8 cm³/mol. The zero-order chi connectivity index (χ0) is 18.6. The normalized spacial score (nSPS) is 9.17. The zero-order valence-corrected chi connectivity index (χ0v) is 15.2. The van der Waals surface area contributed by atoms with Crippen LogP contribution in [0, 0.1) is 10.1 Å². The molecule has 0 aliphatic carbocycles. The van der Waals surface area contributed by atoms with Gasteiger partial charge in [0.05, 0.1) is 0 Å². The Morgan fingerprint density at radius 2 is 1.88 bits per heavy atom. The van der Waals surface area contributed by atoms with Gasteiger partial charge in [-0.25, -0.2) is 0 Å². The fourth-order valence-corrected chi connectivity index (χ4v) is 1.63. The molecule has 136 valence electrons. The molecular formula is C18H30N2O4. The molecule has 0 unspecified atom stereocenters. The fourth-order valence-electron chi connectivity index (χ4n) is 1.63. The number of carbonyl (C=O) groups excluding carboxylic acids is 1. The van der Waals surface area contributed by atoms with Gasteiger partial charge in [0.15, 0.2) is 0 Å². The van der Waals surface area contributed by atoms with Gasteiger partial charge in [-0.2, -0.15) is 0 Å². The second-order valence-corrected chi connectivity index (χ2v) is 4.48. The maximum Gasteiger partial charge on any atom is 0.294 e. The van der Waals surface area contributed by atoms with Crippen molar-refractivity contribution in [3.63, 3.8) is 0 Å². The first-order valence-corrected chi connectivity index (χ1v) is 8.27. The van der Waals surface area contributed by atoms with Gasteiger partial charge >= 0.3 is 0 Å². The first-order valence-electron chi connectivity index (χ1n) is 8.27. The molecule has 1 aromatic rings. The van der Waals surface area contributed by atoms with E-state index in [1.165, 1.54) is 19.3 Å². The molecule has 0 atom stereocenters. The minimum atomic E-state index is -0.843. The SMILES string of the molecule is C/C=C\CCCC.CC.O=CNCc1ccccc1CO[N+](=O)[O-]. The molecule has 0 radical (unpaired) electrons. The van der Waals surface area contributed by atoms with Crippen molar-refractivity contribution < 1.29 is 14.7 Å². The van der Waals surface area contributed by atoms with E-state index >= 15 is 0 Å². The molecule has 6 nitrogen and oxygen atoms in total. The lowest BCUT2D eigenvalue weighted by atomic mass is 10.1. The largest absolute Gasteiger partial charge is 0.355 e. The van der Waals surface area contributed by atoms with Crippen molar-refractivity contribution in [1.29, 1.82) is 0 Å².